The highest BCUT2D eigenvalue weighted by Crippen LogP contribution is 2.23. The molecule has 3 unspecified atom stereocenters. The van der Waals surface area contributed by atoms with Crippen molar-refractivity contribution in [3.8, 4) is 0 Å². The SMILES string of the molecule is CC(=O)OCC1CC(OC(C)=O)CC(OCCOCCOCCOCCN)O1. The lowest BCUT2D eigenvalue weighted by molar-refractivity contribution is -0.232. The van der Waals surface area contributed by atoms with Crippen LogP contribution in [-0.2, 0) is 42.7 Å². The highest BCUT2D eigenvalue weighted by atomic mass is 16.7. The summed E-state index contributed by atoms with van der Waals surface area (Å²) in [5, 5.41) is 0. The number of carbonyl (C=O) groups excluding carboxylic acids is 2. The van der Waals surface area contributed by atoms with Gasteiger partial charge in [-0.2, -0.15) is 0 Å². The molecule has 0 aromatic rings. The summed E-state index contributed by atoms with van der Waals surface area (Å²) < 4.78 is 37.6. The molecule has 0 radical (unpaired) electrons. The maximum atomic E-state index is 11.2. The van der Waals surface area contributed by atoms with Gasteiger partial charge in [0, 0.05) is 33.2 Å². The molecule has 10 heteroatoms. The highest BCUT2D eigenvalue weighted by Gasteiger charge is 2.32. The van der Waals surface area contributed by atoms with E-state index in [1.807, 2.05) is 0 Å². The fourth-order valence-electron chi connectivity index (χ4n) is 2.55. The molecule has 1 saturated heterocycles. The van der Waals surface area contributed by atoms with Gasteiger partial charge in [0.15, 0.2) is 6.29 Å². The third-order valence-electron chi connectivity index (χ3n) is 3.67. The molecule has 28 heavy (non-hydrogen) atoms. The van der Waals surface area contributed by atoms with Gasteiger partial charge in [-0.3, -0.25) is 9.59 Å². The van der Waals surface area contributed by atoms with Gasteiger partial charge < -0.3 is 38.9 Å². The Hall–Kier alpha value is -1.30. The monoisotopic (exact) mass is 407 g/mol. The first-order valence-corrected chi connectivity index (χ1v) is 9.52. The van der Waals surface area contributed by atoms with Crippen molar-refractivity contribution in [3.63, 3.8) is 0 Å². The van der Waals surface area contributed by atoms with Crippen molar-refractivity contribution in [3.05, 3.63) is 0 Å². The zero-order valence-corrected chi connectivity index (χ0v) is 16.8. The van der Waals surface area contributed by atoms with Crippen LogP contribution in [0.15, 0.2) is 0 Å². The minimum atomic E-state index is -0.557. The molecule has 164 valence electrons. The maximum Gasteiger partial charge on any atom is 0.302 e. The molecule has 1 heterocycles. The molecule has 2 N–H and O–H groups in total. The quantitative estimate of drug-likeness (QED) is 0.293. The first-order chi connectivity index (χ1) is 13.5. The third-order valence-corrected chi connectivity index (χ3v) is 3.67. The Balaban J connectivity index is 2.15. The van der Waals surface area contributed by atoms with E-state index in [1.165, 1.54) is 13.8 Å². The molecule has 1 rings (SSSR count). The second kappa shape index (κ2) is 15.6. The Morgan fingerprint density at radius 3 is 2.07 bits per heavy atom. The van der Waals surface area contributed by atoms with Crippen LogP contribution in [0.25, 0.3) is 0 Å². The van der Waals surface area contributed by atoms with Crippen molar-refractivity contribution in [2.75, 3.05) is 59.4 Å². The smallest absolute Gasteiger partial charge is 0.302 e. The summed E-state index contributed by atoms with van der Waals surface area (Å²) in [5.74, 6) is -0.758. The predicted molar refractivity (Wildman–Crippen MR) is 97.5 cm³/mol. The van der Waals surface area contributed by atoms with E-state index < -0.39 is 12.3 Å². The van der Waals surface area contributed by atoms with Gasteiger partial charge in [-0.15, -0.1) is 0 Å². The molecule has 0 aromatic carbocycles. The van der Waals surface area contributed by atoms with E-state index in [9.17, 15) is 9.59 Å². The second-order valence-corrected chi connectivity index (χ2v) is 6.19. The maximum absolute atomic E-state index is 11.2. The van der Waals surface area contributed by atoms with Gasteiger partial charge >= 0.3 is 11.9 Å². The molecular formula is C18H33NO9. The predicted octanol–water partition coefficient (Wildman–Crippen LogP) is 0.0114. The standard InChI is InChI=1S/C18H33NO9/c1-14(20)26-13-17-11-16(27-15(2)21)12-18(28-17)25-10-9-24-8-7-23-6-5-22-4-3-19/h16-18H,3-13,19H2,1-2H3. The summed E-state index contributed by atoms with van der Waals surface area (Å²) in [6.07, 6.45) is -0.411. The van der Waals surface area contributed by atoms with Crippen LogP contribution < -0.4 is 5.73 Å². The first-order valence-electron chi connectivity index (χ1n) is 9.52. The first kappa shape index (κ1) is 24.7. The van der Waals surface area contributed by atoms with Gasteiger partial charge in [0.2, 0.25) is 0 Å². The van der Waals surface area contributed by atoms with Gasteiger partial charge in [-0.25, -0.2) is 0 Å². The fourth-order valence-corrected chi connectivity index (χ4v) is 2.55. The second-order valence-electron chi connectivity index (χ2n) is 6.19. The molecule has 0 bridgehead atoms. The molecule has 3 atom stereocenters. The van der Waals surface area contributed by atoms with Crippen molar-refractivity contribution in [2.45, 2.75) is 45.2 Å². The van der Waals surface area contributed by atoms with Crippen LogP contribution in [0.1, 0.15) is 26.7 Å². The topological polar surface area (TPSA) is 125 Å². The third kappa shape index (κ3) is 13.0. The summed E-state index contributed by atoms with van der Waals surface area (Å²) in [6, 6.07) is 0. The van der Waals surface area contributed by atoms with Crippen molar-refractivity contribution in [1.29, 1.82) is 0 Å². The van der Waals surface area contributed by atoms with E-state index in [-0.39, 0.29) is 24.8 Å². The Kier molecular flexibility index (Phi) is 13.8. The number of esters is 2. The average molecular weight is 407 g/mol. The molecule has 10 nitrogen and oxygen atoms in total. The van der Waals surface area contributed by atoms with Crippen molar-refractivity contribution in [2.24, 2.45) is 5.73 Å². The van der Waals surface area contributed by atoms with E-state index >= 15 is 0 Å². The molecule has 1 fully saturated rings. The van der Waals surface area contributed by atoms with Crippen molar-refractivity contribution in [1.82, 2.24) is 0 Å². The summed E-state index contributed by atoms with van der Waals surface area (Å²) in [4.78, 5) is 22.2. The number of hydrogen-bond acceptors (Lipinski definition) is 10. The Morgan fingerprint density at radius 1 is 0.893 bits per heavy atom. The van der Waals surface area contributed by atoms with Gasteiger partial charge in [0.1, 0.15) is 12.7 Å². The van der Waals surface area contributed by atoms with E-state index in [0.717, 1.165) is 0 Å². The summed E-state index contributed by atoms with van der Waals surface area (Å²) in [6.45, 7) is 6.41. The molecule has 0 aromatic heterocycles. The number of rotatable bonds is 15. The molecule has 0 saturated carbocycles. The molecule has 1 aliphatic heterocycles. The fraction of sp³-hybridized carbons (Fsp3) is 0.889. The van der Waals surface area contributed by atoms with Crippen LogP contribution in [0.2, 0.25) is 0 Å². The number of ether oxygens (including phenoxy) is 7. The molecule has 0 aliphatic carbocycles. The summed E-state index contributed by atoms with van der Waals surface area (Å²) in [5.41, 5.74) is 5.31. The Morgan fingerprint density at radius 2 is 1.50 bits per heavy atom. The molecule has 0 spiro atoms. The van der Waals surface area contributed by atoms with Gasteiger partial charge in [0.05, 0.1) is 52.4 Å². The average Bonchev–Trinajstić information content (AvgIpc) is 2.64. The van der Waals surface area contributed by atoms with E-state index in [2.05, 4.69) is 0 Å². The van der Waals surface area contributed by atoms with Gasteiger partial charge in [-0.1, -0.05) is 0 Å². The number of carbonyl (C=O) groups is 2. The zero-order chi connectivity index (χ0) is 20.6. The lowest BCUT2D eigenvalue weighted by atomic mass is 10.1. The van der Waals surface area contributed by atoms with Crippen LogP contribution in [0.3, 0.4) is 0 Å². The number of nitrogens with two attached hydrogens (primary N) is 1. The lowest BCUT2D eigenvalue weighted by Gasteiger charge is -2.34. The molecule has 1 aliphatic rings. The largest absolute Gasteiger partial charge is 0.463 e. The normalized spacial score (nSPS) is 22.0. The van der Waals surface area contributed by atoms with E-state index in [0.29, 0.717) is 65.6 Å². The summed E-state index contributed by atoms with van der Waals surface area (Å²) in [7, 11) is 0. The highest BCUT2D eigenvalue weighted by molar-refractivity contribution is 5.66. The zero-order valence-electron chi connectivity index (χ0n) is 16.8. The van der Waals surface area contributed by atoms with Crippen molar-refractivity contribution < 1.29 is 42.7 Å². The van der Waals surface area contributed by atoms with Crippen LogP contribution in [-0.4, -0.2) is 89.8 Å². The van der Waals surface area contributed by atoms with Crippen LogP contribution in [0, 0.1) is 0 Å². The Labute approximate surface area is 165 Å². The van der Waals surface area contributed by atoms with Crippen LogP contribution in [0.5, 0.6) is 0 Å². The molecular weight excluding hydrogens is 374 g/mol. The van der Waals surface area contributed by atoms with Gasteiger partial charge in [-0.05, 0) is 0 Å². The van der Waals surface area contributed by atoms with E-state index in [4.69, 9.17) is 38.9 Å². The van der Waals surface area contributed by atoms with Crippen molar-refractivity contribution >= 4 is 11.9 Å². The van der Waals surface area contributed by atoms with E-state index in [1.54, 1.807) is 0 Å². The summed E-state index contributed by atoms with van der Waals surface area (Å²) >= 11 is 0. The molecule has 0 amide bonds. The Bertz CT molecular complexity index is 435. The number of hydrogen-bond donors (Lipinski definition) is 1. The van der Waals surface area contributed by atoms with Gasteiger partial charge in [0.25, 0.3) is 0 Å². The van der Waals surface area contributed by atoms with Crippen LogP contribution >= 0.6 is 0 Å². The minimum absolute atomic E-state index is 0.0930. The van der Waals surface area contributed by atoms with Crippen LogP contribution in [0.4, 0.5) is 0 Å². The minimum Gasteiger partial charge on any atom is -0.463 e. The lowest BCUT2D eigenvalue weighted by Crippen LogP contribution is -2.41.